The van der Waals surface area contributed by atoms with E-state index in [4.69, 9.17) is 4.74 Å². The van der Waals surface area contributed by atoms with Crippen LogP contribution in [0.1, 0.15) is 24.8 Å². The summed E-state index contributed by atoms with van der Waals surface area (Å²) in [7, 11) is 1.35. The number of rotatable bonds is 6. The molecule has 0 unspecified atom stereocenters. The monoisotopic (exact) mass is 261 g/mol. The molecule has 0 aliphatic heterocycles. The van der Waals surface area contributed by atoms with Crippen molar-refractivity contribution in [2.45, 2.75) is 31.7 Å². The third-order valence-corrected chi connectivity index (χ3v) is 3.31. The summed E-state index contributed by atoms with van der Waals surface area (Å²) < 4.78 is 4.75. The van der Waals surface area contributed by atoms with E-state index in [9.17, 15) is 9.59 Å². The molecule has 19 heavy (non-hydrogen) atoms. The van der Waals surface area contributed by atoms with Crippen LogP contribution in [0.4, 0.5) is 0 Å². The van der Waals surface area contributed by atoms with Gasteiger partial charge in [-0.1, -0.05) is 30.3 Å². The van der Waals surface area contributed by atoms with Gasteiger partial charge in [0.1, 0.15) is 6.04 Å². The Kier molecular flexibility index (Phi) is 4.55. The molecule has 102 valence electrons. The fraction of sp³-hybridized carbons (Fsp3) is 0.467. The summed E-state index contributed by atoms with van der Waals surface area (Å²) in [6.07, 6.45) is 3.16. The lowest BCUT2D eigenvalue weighted by Crippen LogP contribution is -2.42. The zero-order chi connectivity index (χ0) is 13.7. The minimum atomic E-state index is -0.543. The van der Waals surface area contributed by atoms with Crippen LogP contribution in [0.2, 0.25) is 0 Å². The van der Waals surface area contributed by atoms with Crippen LogP contribution in [0.25, 0.3) is 0 Å². The SMILES string of the molecule is COC(=O)[C@H](CCc1ccccc1)NC(=O)C1CC1. The summed E-state index contributed by atoms with van der Waals surface area (Å²) in [4.78, 5) is 23.4. The summed E-state index contributed by atoms with van der Waals surface area (Å²) in [6, 6.07) is 9.36. The molecule has 0 aromatic heterocycles. The standard InChI is InChI=1S/C15H19NO3/c1-19-15(18)13(16-14(17)12-8-9-12)10-7-11-5-3-2-4-6-11/h2-6,12-13H,7-10H2,1H3,(H,16,17)/t13-/m0/s1. The molecule has 1 aliphatic rings. The molecule has 1 N–H and O–H groups in total. The quantitative estimate of drug-likeness (QED) is 0.793. The number of hydrogen-bond donors (Lipinski definition) is 1. The molecule has 1 aromatic carbocycles. The Morgan fingerprint density at radius 1 is 1.32 bits per heavy atom. The number of esters is 1. The van der Waals surface area contributed by atoms with Crippen molar-refractivity contribution >= 4 is 11.9 Å². The number of nitrogens with one attached hydrogen (secondary N) is 1. The van der Waals surface area contributed by atoms with Crippen molar-refractivity contribution < 1.29 is 14.3 Å². The third kappa shape index (κ3) is 4.09. The van der Waals surface area contributed by atoms with Crippen LogP contribution in [-0.4, -0.2) is 25.0 Å². The van der Waals surface area contributed by atoms with Crippen LogP contribution >= 0.6 is 0 Å². The molecule has 1 aromatic rings. The highest BCUT2D eigenvalue weighted by Crippen LogP contribution is 2.29. The Balaban J connectivity index is 1.89. The van der Waals surface area contributed by atoms with Gasteiger partial charge in [-0.05, 0) is 31.2 Å². The Morgan fingerprint density at radius 3 is 2.58 bits per heavy atom. The average molecular weight is 261 g/mol. The van der Waals surface area contributed by atoms with E-state index in [1.165, 1.54) is 7.11 Å². The molecule has 4 heteroatoms. The van der Waals surface area contributed by atoms with Crippen LogP contribution in [0.5, 0.6) is 0 Å². The highest BCUT2D eigenvalue weighted by Gasteiger charge is 2.32. The molecule has 0 spiro atoms. The number of carbonyl (C=O) groups is 2. The maximum atomic E-state index is 11.7. The smallest absolute Gasteiger partial charge is 0.328 e. The predicted molar refractivity (Wildman–Crippen MR) is 71.4 cm³/mol. The highest BCUT2D eigenvalue weighted by atomic mass is 16.5. The zero-order valence-corrected chi connectivity index (χ0v) is 11.1. The normalized spacial score (nSPS) is 15.6. The number of amides is 1. The molecular weight excluding hydrogens is 242 g/mol. The van der Waals surface area contributed by atoms with Gasteiger partial charge in [-0.2, -0.15) is 0 Å². The van der Waals surface area contributed by atoms with Gasteiger partial charge < -0.3 is 10.1 Å². The lowest BCUT2D eigenvalue weighted by Gasteiger charge is -2.16. The van der Waals surface area contributed by atoms with Crippen molar-refractivity contribution in [3.8, 4) is 0 Å². The van der Waals surface area contributed by atoms with E-state index >= 15 is 0 Å². The number of ether oxygens (including phenoxy) is 1. The first-order chi connectivity index (χ1) is 9.20. The van der Waals surface area contributed by atoms with Crippen molar-refractivity contribution in [3.63, 3.8) is 0 Å². The lowest BCUT2D eigenvalue weighted by molar-refractivity contribution is -0.145. The minimum absolute atomic E-state index is 0.0246. The zero-order valence-electron chi connectivity index (χ0n) is 11.1. The third-order valence-electron chi connectivity index (χ3n) is 3.31. The molecule has 0 radical (unpaired) electrons. The molecular formula is C15H19NO3. The summed E-state index contributed by atoms with van der Waals surface area (Å²) >= 11 is 0. The van der Waals surface area contributed by atoms with Crippen molar-refractivity contribution in [2.24, 2.45) is 5.92 Å². The summed E-state index contributed by atoms with van der Waals surface area (Å²) in [5.74, 6) is -0.294. The fourth-order valence-electron chi connectivity index (χ4n) is 1.98. The Morgan fingerprint density at radius 2 is 2.00 bits per heavy atom. The van der Waals surface area contributed by atoms with E-state index in [1.807, 2.05) is 30.3 Å². The van der Waals surface area contributed by atoms with Gasteiger partial charge in [0.05, 0.1) is 7.11 Å². The molecule has 0 heterocycles. The minimum Gasteiger partial charge on any atom is -0.467 e. The molecule has 1 atom stereocenters. The van der Waals surface area contributed by atoms with Crippen LogP contribution in [-0.2, 0) is 20.7 Å². The van der Waals surface area contributed by atoms with Gasteiger partial charge in [0, 0.05) is 5.92 Å². The molecule has 0 saturated heterocycles. The topological polar surface area (TPSA) is 55.4 Å². The summed E-state index contributed by atoms with van der Waals surface area (Å²) in [5, 5.41) is 2.79. The fourth-order valence-corrected chi connectivity index (χ4v) is 1.98. The highest BCUT2D eigenvalue weighted by molar-refractivity contribution is 5.86. The molecule has 1 amide bonds. The van der Waals surface area contributed by atoms with Crippen LogP contribution in [0.15, 0.2) is 30.3 Å². The van der Waals surface area contributed by atoms with Gasteiger partial charge in [0.2, 0.25) is 5.91 Å². The van der Waals surface area contributed by atoms with E-state index in [0.717, 1.165) is 24.8 Å². The largest absolute Gasteiger partial charge is 0.467 e. The Hall–Kier alpha value is -1.84. The average Bonchev–Trinajstić information content (AvgIpc) is 3.28. The molecule has 4 nitrogen and oxygen atoms in total. The van der Waals surface area contributed by atoms with E-state index < -0.39 is 6.04 Å². The summed E-state index contributed by atoms with van der Waals surface area (Å²) in [5.41, 5.74) is 1.15. The Labute approximate surface area is 113 Å². The van der Waals surface area contributed by atoms with Gasteiger partial charge in [-0.25, -0.2) is 4.79 Å². The van der Waals surface area contributed by atoms with Gasteiger partial charge >= 0.3 is 5.97 Å². The number of hydrogen-bond acceptors (Lipinski definition) is 3. The maximum absolute atomic E-state index is 11.7. The second kappa shape index (κ2) is 6.36. The molecule has 1 aliphatic carbocycles. The number of benzene rings is 1. The lowest BCUT2D eigenvalue weighted by atomic mass is 10.1. The molecule has 1 saturated carbocycles. The summed E-state index contributed by atoms with van der Waals surface area (Å²) in [6.45, 7) is 0. The predicted octanol–water partition coefficient (Wildman–Crippen LogP) is 1.69. The van der Waals surface area contributed by atoms with Crippen molar-refractivity contribution in [1.29, 1.82) is 0 Å². The first kappa shape index (κ1) is 13.6. The Bertz CT molecular complexity index is 440. The maximum Gasteiger partial charge on any atom is 0.328 e. The van der Waals surface area contributed by atoms with E-state index in [0.29, 0.717) is 6.42 Å². The van der Waals surface area contributed by atoms with Crippen LogP contribution in [0.3, 0.4) is 0 Å². The van der Waals surface area contributed by atoms with Gasteiger partial charge in [-0.15, -0.1) is 0 Å². The van der Waals surface area contributed by atoms with Gasteiger partial charge in [-0.3, -0.25) is 4.79 Å². The van der Waals surface area contributed by atoms with Gasteiger partial charge in [0.15, 0.2) is 0 Å². The molecule has 0 bridgehead atoms. The molecule has 1 fully saturated rings. The number of carbonyl (C=O) groups excluding carboxylic acids is 2. The van der Waals surface area contributed by atoms with Crippen molar-refractivity contribution in [2.75, 3.05) is 7.11 Å². The van der Waals surface area contributed by atoms with Crippen LogP contribution < -0.4 is 5.32 Å². The second-order valence-electron chi connectivity index (χ2n) is 4.88. The molecule has 2 rings (SSSR count). The first-order valence-corrected chi connectivity index (χ1v) is 6.63. The second-order valence-corrected chi connectivity index (χ2v) is 4.88. The number of aryl methyl sites for hydroxylation is 1. The van der Waals surface area contributed by atoms with E-state index in [-0.39, 0.29) is 17.8 Å². The number of methoxy groups -OCH3 is 1. The first-order valence-electron chi connectivity index (χ1n) is 6.63. The van der Waals surface area contributed by atoms with Gasteiger partial charge in [0.25, 0.3) is 0 Å². The van der Waals surface area contributed by atoms with E-state index in [1.54, 1.807) is 0 Å². The van der Waals surface area contributed by atoms with E-state index in [2.05, 4.69) is 5.32 Å². The van der Waals surface area contributed by atoms with Crippen molar-refractivity contribution in [3.05, 3.63) is 35.9 Å². The van der Waals surface area contributed by atoms with Crippen LogP contribution in [0, 0.1) is 5.92 Å². The van der Waals surface area contributed by atoms with Crippen molar-refractivity contribution in [1.82, 2.24) is 5.32 Å².